The van der Waals surface area contributed by atoms with Gasteiger partial charge in [-0.15, -0.1) is 0 Å². The van der Waals surface area contributed by atoms with Crippen LogP contribution < -0.4 is 0 Å². The van der Waals surface area contributed by atoms with Crippen molar-refractivity contribution in [2.75, 3.05) is 6.61 Å². The van der Waals surface area contributed by atoms with Gasteiger partial charge in [-0.1, -0.05) is 13.3 Å². The highest BCUT2D eigenvalue weighted by atomic mass is 19.3. The number of hydrogen-bond acceptors (Lipinski definition) is 3. The van der Waals surface area contributed by atoms with Crippen LogP contribution in [0.4, 0.5) is 8.78 Å². The quantitative estimate of drug-likeness (QED) is 0.789. The predicted molar refractivity (Wildman–Crippen MR) is 77.4 cm³/mol. The van der Waals surface area contributed by atoms with E-state index in [0.717, 1.165) is 39.0 Å². The van der Waals surface area contributed by atoms with Gasteiger partial charge in [0.25, 0.3) is 5.92 Å². The van der Waals surface area contributed by atoms with Crippen molar-refractivity contribution in [3.8, 4) is 0 Å². The van der Waals surface area contributed by atoms with E-state index >= 15 is 0 Å². The highest BCUT2D eigenvalue weighted by Crippen LogP contribution is 2.64. The van der Waals surface area contributed by atoms with E-state index in [4.69, 9.17) is 4.74 Å². The first-order chi connectivity index (χ1) is 10.2. The van der Waals surface area contributed by atoms with Gasteiger partial charge in [0.2, 0.25) is 0 Å². The number of carbonyl (C=O) groups is 1. The number of aliphatic hydroxyl groups is 1. The largest absolute Gasteiger partial charge is 0.459 e. The number of carbonyl (C=O) groups excluding carboxylic acids is 1. The van der Waals surface area contributed by atoms with E-state index < -0.39 is 29.5 Å². The predicted octanol–water partition coefficient (Wildman–Crippen LogP) is 3.54. The molecule has 22 heavy (non-hydrogen) atoms. The fraction of sp³-hybridized carbons (Fsp3) is 0.941. The lowest BCUT2D eigenvalue weighted by molar-refractivity contribution is -0.219. The molecule has 0 aromatic heterocycles. The van der Waals surface area contributed by atoms with E-state index in [1.165, 1.54) is 0 Å². The smallest absolute Gasteiger partial charge is 0.312 e. The third kappa shape index (κ3) is 2.55. The SMILES string of the molecule is CCCC1(O)C2CC3CC1CC(C(=O)OCC(C)(F)F)(C3)C2. The number of alkyl halides is 2. The number of ether oxygens (including phenoxy) is 1. The molecule has 1 N–H and O–H groups in total. The van der Waals surface area contributed by atoms with Crippen molar-refractivity contribution in [2.24, 2.45) is 23.2 Å². The molecule has 5 heteroatoms. The first-order valence-electron chi connectivity index (χ1n) is 8.46. The summed E-state index contributed by atoms with van der Waals surface area (Å²) in [6, 6.07) is 0. The van der Waals surface area contributed by atoms with E-state index in [2.05, 4.69) is 6.92 Å². The van der Waals surface area contributed by atoms with E-state index in [0.29, 0.717) is 18.8 Å². The van der Waals surface area contributed by atoms with Crippen LogP contribution in [0.15, 0.2) is 0 Å². The van der Waals surface area contributed by atoms with Gasteiger partial charge in [-0.05, 0) is 56.3 Å². The summed E-state index contributed by atoms with van der Waals surface area (Å²) in [7, 11) is 0. The molecule has 0 spiro atoms. The zero-order chi connectivity index (χ0) is 16.2. The Balaban J connectivity index is 1.76. The van der Waals surface area contributed by atoms with E-state index in [1.807, 2.05) is 0 Å². The van der Waals surface area contributed by atoms with Crippen molar-refractivity contribution in [1.29, 1.82) is 0 Å². The first kappa shape index (κ1) is 16.2. The second-order valence-electron chi connectivity index (χ2n) is 8.01. The molecule has 4 bridgehead atoms. The lowest BCUT2D eigenvalue weighted by atomic mass is 9.44. The normalized spacial score (nSPS) is 43.4. The highest BCUT2D eigenvalue weighted by molar-refractivity contribution is 5.77. The second-order valence-corrected chi connectivity index (χ2v) is 8.01. The minimum atomic E-state index is -2.99. The summed E-state index contributed by atoms with van der Waals surface area (Å²) in [5.74, 6) is -2.78. The zero-order valence-corrected chi connectivity index (χ0v) is 13.4. The topological polar surface area (TPSA) is 46.5 Å². The molecule has 3 nitrogen and oxygen atoms in total. The van der Waals surface area contributed by atoms with Gasteiger partial charge >= 0.3 is 5.97 Å². The van der Waals surface area contributed by atoms with Gasteiger partial charge in [0.05, 0.1) is 11.0 Å². The molecule has 0 aliphatic heterocycles. The highest BCUT2D eigenvalue weighted by Gasteiger charge is 2.64. The van der Waals surface area contributed by atoms with Crippen LogP contribution in [0.3, 0.4) is 0 Å². The molecule has 2 unspecified atom stereocenters. The molecule has 126 valence electrons. The zero-order valence-electron chi connectivity index (χ0n) is 13.4. The average Bonchev–Trinajstić information content (AvgIpc) is 2.41. The van der Waals surface area contributed by atoms with Gasteiger partial charge in [0.1, 0.15) is 0 Å². The summed E-state index contributed by atoms with van der Waals surface area (Å²) in [5.41, 5.74) is -1.29. The number of esters is 1. The van der Waals surface area contributed by atoms with Crippen LogP contribution >= 0.6 is 0 Å². The monoisotopic (exact) mass is 316 g/mol. The molecular formula is C17H26F2O3. The molecule has 4 aliphatic rings. The number of rotatable bonds is 5. The van der Waals surface area contributed by atoms with Gasteiger partial charge in [-0.25, -0.2) is 8.78 Å². The van der Waals surface area contributed by atoms with Crippen LogP contribution in [0, 0.1) is 23.2 Å². The van der Waals surface area contributed by atoms with Crippen LogP contribution in [0.5, 0.6) is 0 Å². The third-order valence-electron chi connectivity index (χ3n) is 6.14. The van der Waals surface area contributed by atoms with Crippen molar-refractivity contribution in [3.63, 3.8) is 0 Å². The van der Waals surface area contributed by atoms with E-state index in [9.17, 15) is 18.7 Å². The van der Waals surface area contributed by atoms with Crippen LogP contribution in [0.25, 0.3) is 0 Å². The Labute approximate surface area is 130 Å². The summed E-state index contributed by atoms with van der Waals surface area (Å²) >= 11 is 0. The number of halogens is 2. The van der Waals surface area contributed by atoms with Gasteiger partial charge in [0, 0.05) is 6.92 Å². The van der Waals surface area contributed by atoms with Crippen molar-refractivity contribution >= 4 is 5.97 Å². The molecule has 0 aromatic rings. The lowest BCUT2D eigenvalue weighted by Crippen LogP contribution is -2.63. The molecule has 4 saturated carbocycles. The fourth-order valence-electron chi connectivity index (χ4n) is 5.48. The standard InChI is InChI=1S/C17H26F2O3/c1-3-4-17(21)12-5-11-6-13(17)9-16(7-11,8-12)14(20)22-10-15(2,18)19/h11-13,21H,3-10H2,1-2H3. The molecule has 0 saturated heterocycles. The van der Waals surface area contributed by atoms with E-state index in [-0.39, 0.29) is 11.8 Å². The molecule has 4 aliphatic carbocycles. The minimum absolute atomic E-state index is 0.119. The summed E-state index contributed by atoms with van der Waals surface area (Å²) in [4.78, 5) is 12.5. The number of hydrogen-bond donors (Lipinski definition) is 1. The Morgan fingerprint density at radius 3 is 2.36 bits per heavy atom. The van der Waals surface area contributed by atoms with Crippen LogP contribution in [-0.2, 0) is 9.53 Å². The minimum Gasteiger partial charge on any atom is -0.459 e. The summed E-state index contributed by atoms with van der Waals surface area (Å²) in [6.07, 6.45) is 5.57. The second kappa shape index (κ2) is 5.15. The van der Waals surface area contributed by atoms with Crippen molar-refractivity contribution < 1.29 is 23.4 Å². The van der Waals surface area contributed by atoms with Gasteiger partial charge in [0.15, 0.2) is 6.61 Å². The Morgan fingerprint density at radius 2 is 1.86 bits per heavy atom. The lowest BCUT2D eigenvalue weighted by Gasteiger charge is -2.62. The Morgan fingerprint density at radius 1 is 1.27 bits per heavy atom. The Kier molecular flexibility index (Phi) is 3.78. The van der Waals surface area contributed by atoms with Crippen molar-refractivity contribution in [3.05, 3.63) is 0 Å². The van der Waals surface area contributed by atoms with Gasteiger partial charge in [-0.3, -0.25) is 4.79 Å². The van der Waals surface area contributed by atoms with Crippen molar-refractivity contribution in [1.82, 2.24) is 0 Å². The van der Waals surface area contributed by atoms with E-state index in [1.54, 1.807) is 0 Å². The van der Waals surface area contributed by atoms with Gasteiger partial charge < -0.3 is 9.84 Å². The fourth-order valence-corrected chi connectivity index (χ4v) is 5.48. The van der Waals surface area contributed by atoms with Gasteiger partial charge in [-0.2, -0.15) is 0 Å². The maximum atomic E-state index is 13.0. The molecule has 4 fully saturated rings. The Bertz CT molecular complexity index is 441. The average molecular weight is 316 g/mol. The Hall–Kier alpha value is -0.710. The van der Waals surface area contributed by atoms with Crippen molar-refractivity contribution in [2.45, 2.75) is 70.3 Å². The molecule has 0 radical (unpaired) electrons. The van der Waals surface area contributed by atoms with Crippen LogP contribution in [0.2, 0.25) is 0 Å². The maximum Gasteiger partial charge on any atom is 0.312 e. The molecule has 0 heterocycles. The molecule has 2 atom stereocenters. The van der Waals surface area contributed by atoms with Crippen LogP contribution in [-0.4, -0.2) is 29.2 Å². The molecule has 4 rings (SSSR count). The summed E-state index contributed by atoms with van der Waals surface area (Å²) in [5, 5.41) is 11.1. The van der Waals surface area contributed by atoms with Crippen LogP contribution in [0.1, 0.15) is 58.8 Å². The third-order valence-corrected chi connectivity index (χ3v) is 6.14. The summed E-state index contributed by atoms with van der Waals surface area (Å²) in [6.45, 7) is 1.99. The molecular weight excluding hydrogens is 290 g/mol. The summed E-state index contributed by atoms with van der Waals surface area (Å²) < 4.78 is 30.9. The molecule has 0 amide bonds. The maximum absolute atomic E-state index is 13.0. The molecule has 0 aromatic carbocycles. The first-order valence-corrected chi connectivity index (χ1v) is 8.46.